The Bertz CT molecular complexity index is 1030. The third-order valence-electron chi connectivity index (χ3n) is 5.48. The highest BCUT2D eigenvalue weighted by atomic mass is 35.5. The van der Waals surface area contributed by atoms with Crippen LogP contribution in [0.2, 0.25) is 10.0 Å². The van der Waals surface area contributed by atoms with Gasteiger partial charge < -0.3 is 9.88 Å². The molecule has 1 atom stereocenters. The molecular formula is C22H24Cl2N4O. The van der Waals surface area contributed by atoms with Crippen LogP contribution < -0.4 is 5.32 Å². The first-order valence-corrected chi connectivity index (χ1v) is 10.7. The van der Waals surface area contributed by atoms with Crippen molar-refractivity contribution < 1.29 is 4.79 Å². The number of benzene rings is 2. The van der Waals surface area contributed by atoms with Crippen molar-refractivity contribution in [3.63, 3.8) is 0 Å². The Kier molecular flexibility index (Phi) is 6.09. The predicted octanol–water partition coefficient (Wildman–Crippen LogP) is 5.21. The highest BCUT2D eigenvalue weighted by Crippen LogP contribution is 2.27. The molecule has 0 spiro atoms. The van der Waals surface area contributed by atoms with Gasteiger partial charge in [-0.2, -0.15) is 0 Å². The minimum atomic E-state index is -0.0741. The zero-order chi connectivity index (χ0) is 20.4. The summed E-state index contributed by atoms with van der Waals surface area (Å²) in [5.74, 6) is 0.980. The Morgan fingerprint density at radius 3 is 2.86 bits per heavy atom. The van der Waals surface area contributed by atoms with E-state index in [0.29, 0.717) is 22.3 Å². The van der Waals surface area contributed by atoms with Gasteiger partial charge in [-0.3, -0.25) is 9.69 Å². The number of aromatic nitrogens is 2. The van der Waals surface area contributed by atoms with E-state index >= 15 is 0 Å². The molecule has 2 heterocycles. The molecule has 0 radical (unpaired) electrons. The topological polar surface area (TPSA) is 50.2 Å². The van der Waals surface area contributed by atoms with Crippen molar-refractivity contribution in [1.29, 1.82) is 0 Å². The number of rotatable bonds is 5. The van der Waals surface area contributed by atoms with Crippen LogP contribution in [0.4, 0.5) is 5.69 Å². The SMILES string of the molecule is CCn1c(CN2CCC[C@@H](C(=O)Nc3ccc(Cl)cc3Cl)C2)nc2ccccc21. The lowest BCUT2D eigenvalue weighted by molar-refractivity contribution is -0.121. The number of nitrogens with one attached hydrogen (secondary N) is 1. The number of hydrogen-bond donors (Lipinski definition) is 1. The molecule has 1 amide bonds. The van der Waals surface area contributed by atoms with E-state index in [0.717, 1.165) is 49.3 Å². The molecule has 0 unspecified atom stereocenters. The van der Waals surface area contributed by atoms with E-state index in [-0.39, 0.29) is 11.8 Å². The van der Waals surface area contributed by atoms with Crippen molar-refractivity contribution in [3.05, 3.63) is 58.3 Å². The lowest BCUT2D eigenvalue weighted by Gasteiger charge is -2.31. The molecule has 29 heavy (non-hydrogen) atoms. The summed E-state index contributed by atoms with van der Waals surface area (Å²) in [7, 11) is 0. The number of nitrogens with zero attached hydrogens (tertiary/aromatic N) is 3. The standard InChI is InChI=1S/C22H24Cl2N4O/c1-2-28-20-8-4-3-7-19(20)25-21(28)14-27-11-5-6-15(13-27)22(29)26-18-10-9-16(23)12-17(18)24/h3-4,7-10,12,15H,2,5-6,11,13-14H2,1H3,(H,26,29)/t15-/m1/s1. The smallest absolute Gasteiger partial charge is 0.228 e. The fourth-order valence-corrected chi connectivity index (χ4v) is 4.49. The van der Waals surface area contributed by atoms with Crippen LogP contribution in [0.25, 0.3) is 11.0 Å². The molecule has 1 saturated heterocycles. The van der Waals surface area contributed by atoms with Crippen LogP contribution in [0.5, 0.6) is 0 Å². The van der Waals surface area contributed by atoms with Gasteiger partial charge in [-0.25, -0.2) is 4.98 Å². The maximum Gasteiger partial charge on any atom is 0.228 e. The molecule has 0 aliphatic carbocycles. The van der Waals surface area contributed by atoms with Gasteiger partial charge in [0.05, 0.1) is 34.2 Å². The highest BCUT2D eigenvalue weighted by molar-refractivity contribution is 6.36. The predicted molar refractivity (Wildman–Crippen MR) is 118 cm³/mol. The summed E-state index contributed by atoms with van der Waals surface area (Å²) < 4.78 is 2.26. The Hall–Kier alpha value is -2.08. The second-order valence-electron chi connectivity index (χ2n) is 7.45. The van der Waals surface area contributed by atoms with E-state index in [1.165, 1.54) is 0 Å². The van der Waals surface area contributed by atoms with E-state index < -0.39 is 0 Å². The van der Waals surface area contributed by atoms with Gasteiger partial charge in [0.15, 0.2) is 0 Å². The Morgan fingerprint density at radius 2 is 2.07 bits per heavy atom. The molecule has 2 aromatic carbocycles. The van der Waals surface area contributed by atoms with E-state index in [2.05, 4.69) is 27.8 Å². The molecular weight excluding hydrogens is 407 g/mol. The fraction of sp³-hybridized carbons (Fsp3) is 0.364. The zero-order valence-electron chi connectivity index (χ0n) is 16.4. The van der Waals surface area contributed by atoms with Crippen molar-refractivity contribution in [1.82, 2.24) is 14.5 Å². The van der Waals surface area contributed by atoms with Crippen LogP contribution in [0.15, 0.2) is 42.5 Å². The minimum Gasteiger partial charge on any atom is -0.327 e. The first-order valence-electron chi connectivity index (χ1n) is 9.97. The third kappa shape index (κ3) is 4.42. The van der Waals surface area contributed by atoms with Crippen LogP contribution in [0.1, 0.15) is 25.6 Å². The molecule has 152 valence electrons. The van der Waals surface area contributed by atoms with Gasteiger partial charge in [0, 0.05) is 18.1 Å². The van der Waals surface area contributed by atoms with Crippen molar-refractivity contribution >= 4 is 45.8 Å². The second-order valence-corrected chi connectivity index (χ2v) is 8.29. The lowest BCUT2D eigenvalue weighted by atomic mass is 9.97. The Morgan fingerprint density at radius 1 is 1.24 bits per heavy atom. The number of piperidine rings is 1. The summed E-state index contributed by atoms with van der Waals surface area (Å²) in [5, 5.41) is 3.96. The number of fused-ring (bicyclic) bond motifs is 1. The van der Waals surface area contributed by atoms with E-state index in [1.54, 1.807) is 18.2 Å². The largest absolute Gasteiger partial charge is 0.327 e. The van der Waals surface area contributed by atoms with Gasteiger partial charge in [-0.1, -0.05) is 35.3 Å². The molecule has 7 heteroatoms. The summed E-state index contributed by atoms with van der Waals surface area (Å²) in [5.41, 5.74) is 2.78. The Balaban J connectivity index is 1.45. The van der Waals surface area contributed by atoms with Gasteiger partial charge in [-0.05, 0) is 56.6 Å². The molecule has 1 aliphatic heterocycles. The van der Waals surface area contributed by atoms with Gasteiger partial charge in [-0.15, -0.1) is 0 Å². The minimum absolute atomic E-state index is 0.00270. The number of hydrogen-bond acceptors (Lipinski definition) is 3. The van der Waals surface area contributed by atoms with Crippen LogP contribution in [0.3, 0.4) is 0 Å². The Labute approximate surface area is 180 Å². The van der Waals surface area contributed by atoms with E-state index in [4.69, 9.17) is 28.2 Å². The van der Waals surface area contributed by atoms with Crippen LogP contribution in [0, 0.1) is 5.92 Å². The lowest BCUT2D eigenvalue weighted by Crippen LogP contribution is -2.40. The van der Waals surface area contributed by atoms with Crippen molar-refractivity contribution in [3.8, 4) is 0 Å². The van der Waals surface area contributed by atoms with Crippen LogP contribution >= 0.6 is 23.2 Å². The molecule has 1 fully saturated rings. The normalized spacial score (nSPS) is 17.6. The summed E-state index contributed by atoms with van der Waals surface area (Å²) >= 11 is 12.1. The molecule has 5 nitrogen and oxygen atoms in total. The second kappa shape index (κ2) is 8.74. The van der Waals surface area contributed by atoms with Crippen LogP contribution in [-0.4, -0.2) is 33.4 Å². The maximum absolute atomic E-state index is 12.8. The number of carbonyl (C=O) groups excluding carboxylic acids is 1. The molecule has 4 rings (SSSR count). The molecule has 1 aliphatic rings. The quantitative estimate of drug-likeness (QED) is 0.603. The summed E-state index contributed by atoms with van der Waals surface area (Å²) in [6.45, 7) is 5.44. The number of likely N-dealkylation sites (tertiary alicyclic amines) is 1. The molecule has 1 aromatic heterocycles. The summed E-state index contributed by atoms with van der Waals surface area (Å²) in [4.78, 5) is 20.0. The number of para-hydroxylation sites is 2. The van der Waals surface area contributed by atoms with Gasteiger partial charge >= 0.3 is 0 Å². The number of aryl methyl sites for hydroxylation is 1. The van der Waals surface area contributed by atoms with Crippen LogP contribution in [-0.2, 0) is 17.9 Å². The maximum atomic E-state index is 12.8. The van der Waals surface area contributed by atoms with E-state index in [1.807, 2.05) is 18.2 Å². The number of halogens is 2. The van der Waals surface area contributed by atoms with E-state index in [9.17, 15) is 4.79 Å². The monoisotopic (exact) mass is 430 g/mol. The summed E-state index contributed by atoms with van der Waals surface area (Å²) in [6.07, 6.45) is 1.86. The number of amides is 1. The number of carbonyl (C=O) groups is 1. The van der Waals surface area contributed by atoms with Gasteiger partial charge in [0.25, 0.3) is 0 Å². The molecule has 1 N–H and O–H groups in total. The highest BCUT2D eigenvalue weighted by Gasteiger charge is 2.27. The van der Waals surface area contributed by atoms with Crippen molar-refractivity contribution in [2.24, 2.45) is 5.92 Å². The number of anilines is 1. The summed E-state index contributed by atoms with van der Waals surface area (Å²) in [6, 6.07) is 13.3. The fourth-order valence-electron chi connectivity index (χ4n) is 4.04. The molecule has 3 aromatic rings. The average molecular weight is 431 g/mol. The van der Waals surface area contributed by atoms with Gasteiger partial charge in [0.1, 0.15) is 5.82 Å². The average Bonchev–Trinajstić information content (AvgIpc) is 3.07. The third-order valence-corrected chi connectivity index (χ3v) is 6.03. The van der Waals surface area contributed by atoms with Crippen molar-refractivity contribution in [2.75, 3.05) is 18.4 Å². The first-order chi connectivity index (χ1) is 14.0. The van der Waals surface area contributed by atoms with Gasteiger partial charge in [0.2, 0.25) is 5.91 Å². The number of imidazole rings is 1. The first kappa shape index (κ1) is 20.2. The molecule has 0 bridgehead atoms. The van der Waals surface area contributed by atoms with Crippen molar-refractivity contribution in [2.45, 2.75) is 32.9 Å². The molecule has 0 saturated carbocycles. The zero-order valence-corrected chi connectivity index (χ0v) is 17.9.